The Morgan fingerprint density at radius 3 is 1.33 bits per heavy atom. The van der Waals surface area contributed by atoms with E-state index in [1.54, 1.807) is 0 Å². The molecule has 2 N–H and O–H groups in total. The van der Waals surface area contributed by atoms with Gasteiger partial charge in [-0.25, -0.2) is 0 Å². The van der Waals surface area contributed by atoms with Gasteiger partial charge >= 0.3 is 0 Å². The van der Waals surface area contributed by atoms with Crippen LogP contribution in [-0.2, 0) is 0 Å². The van der Waals surface area contributed by atoms with Crippen molar-refractivity contribution in [2.24, 2.45) is 5.41 Å². The molecule has 146 valence electrons. The van der Waals surface area contributed by atoms with Crippen LogP contribution in [-0.4, -0.2) is 16.5 Å². The fourth-order valence-corrected chi connectivity index (χ4v) is 3.94. The Morgan fingerprint density at radius 2 is 0.917 bits per heavy atom. The maximum Gasteiger partial charge on any atom is 0.151 e. The van der Waals surface area contributed by atoms with Gasteiger partial charge in [-0.15, -0.1) is 0 Å². The fraction of sp³-hybridized carbons (Fsp3) is 1.00. The molecule has 0 aromatic carbocycles. The Balaban J connectivity index is 4.12. The Hall–Kier alpha value is -0.0800. The van der Waals surface area contributed by atoms with Crippen molar-refractivity contribution < 1.29 is 10.2 Å². The Kier molecular flexibility index (Phi) is 16.3. The molecule has 0 amide bonds. The van der Waals surface area contributed by atoms with E-state index in [-0.39, 0.29) is 0 Å². The minimum Gasteiger partial charge on any atom is -0.368 e. The van der Waals surface area contributed by atoms with Crippen LogP contribution in [0.15, 0.2) is 0 Å². The number of aliphatic hydroxyl groups is 2. The number of hydrogen-bond acceptors (Lipinski definition) is 2. The molecule has 0 fully saturated rings. The summed E-state index contributed by atoms with van der Waals surface area (Å²) < 4.78 is 0. The average Bonchev–Trinajstić information content (AvgIpc) is 2.57. The van der Waals surface area contributed by atoms with E-state index in [2.05, 4.69) is 20.8 Å². The van der Waals surface area contributed by atoms with Crippen molar-refractivity contribution in [2.75, 3.05) is 0 Å². The van der Waals surface area contributed by atoms with E-state index >= 15 is 0 Å². The summed E-state index contributed by atoms with van der Waals surface area (Å²) in [5, 5.41) is 17.7. The van der Waals surface area contributed by atoms with Crippen molar-refractivity contribution in [1.29, 1.82) is 0 Å². The van der Waals surface area contributed by atoms with Gasteiger partial charge in [0, 0.05) is 0 Å². The first-order chi connectivity index (χ1) is 11.6. The van der Waals surface area contributed by atoms with Gasteiger partial charge in [-0.1, -0.05) is 91.4 Å². The summed E-state index contributed by atoms with van der Waals surface area (Å²) in [5.41, 5.74) is 0.628. The molecule has 0 aliphatic carbocycles. The average molecular weight is 343 g/mol. The van der Waals surface area contributed by atoms with E-state index < -0.39 is 6.29 Å². The van der Waals surface area contributed by atoms with Crippen molar-refractivity contribution in [3.8, 4) is 0 Å². The zero-order chi connectivity index (χ0) is 18.1. The first-order valence-corrected chi connectivity index (χ1v) is 11.0. The first kappa shape index (κ1) is 23.9. The van der Waals surface area contributed by atoms with E-state index in [0.717, 1.165) is 12.8 Å². The summed E-state index contributed by atoms with van der Waals surface area (Å²) in [6.07, 6.45) is 20.8. The number of rotatable bonds is 18. The molecule has 0 heterocycles. The molecule has 0 saturated carbocycles. The van der Waals surface area contributed by atoms with Crippen LogP contribution in [0.4, 0.5) is 0 Å². The van der Waals surface area contributed by atoms with E-state index in [1.807, 2.05) is 0 Å². The molecule has 2 heteroatoms. The predicted molar refractivity (Wildman–Crippen MR) is 106 cm³/mol. The quantitative estimate of drug-likeness (QED) is 0.208. The van der Waals surface area contributed by atoms with Crippen LogP contribution >= 0.6 is 0 Å². The highest BCUT2D eigenvalue weighted by Crippen LogP contribution is 2.41. The third-order valence-electron chi connectivity index (χ3n) is 5.60. The summed E-state index contributed by atoms with van der Waals surface area (Å²) >= 11 is 0. The summed E-state index contributed by atoms with van der Waals surface area (Å²) in [4.78, 5) is 0. The Bertz CT molecular complexity index is 229. The molecule has 0 radical (unpaired) electrons. The monoisotopic (exact) mass is 342 g/mol. The van der Waals surface area contributed by atoms with Crippen molar-refractivity contribution >= 4 is 0 Å². The molecule has 2 nitrogen and oxygen atoms in total. The molecule has 0 aliphatic heterocycles. The molecule has 0 aliphatic rings. The van der Waals surface area contributed by atoms with Gasteiger partial charge in [0.05, 0.1) is 0 Å². The van der Waals surface area contributed by atoms with E-state index in [4.69, 9.17) is 10.2 Å². The largest absolute Gasteiger partial charge is 0.368 e. The second-order valence-corrected chi connectivity index (χ2v) is 7.95. The number of hydrogen-bond donors (Lipinski definition) is 2. The molecular formula is C22H46O2. The van der Waals surface area contributed by atoms with Gasteiger partial charge < -0.3 is 10.2 Å². The van der Waals surface area contributed by atoms with E-state index in [1.165, 1.54) is 89.9 Å². The molecule has 0 bridgehead atoms. The molecule has 0 aromatic heterocycles. The van der Waals surface area contributed by atoms with E-state index in [9.17, 15) is 0 Å². The third-order valence-corrected chi connectivity index (χ3v) is 5.60. The van der Waals surface area contributed by atoms with Gasteiger partial charge in [-0.3, -0.25) is 0 Å². The fourth-order valence-electron chi connectivity index (χ4n) is 3.94. The summed E-state index contributed by atoms with van der Waals surface area (Å²) in [5.74, 6) is 0. The van der Waals surface area contributed by atoms with Crippen LogP contribution in [0.5, 0.6) is 0 Å². The van der Waals surface area contributed by atoms with Crippen LogP contribution in [0, 0.1) is 5.41 Å². The molecular weight excluding hydrogens is 296 g/mol. The highest BCUT2D eigenvalue weighted by Gasteiger charge is 2.27. The minimum atomic E-state index is -1.11. The van der Waals surface area contributed by atoms with Gasteiger partial charge in [-0.2, -0.15) is 0 Å². The van der Waals surface area contributed by atoms with Gasteiger partial charge in [0.2, 0.25) is 0 Å². The van der Waals surface area contributed by atoms with Crippen LogP contribution in [0.1, 0.15) is 130 Å². The zero-order valence-corrected chi connectivity index (χ0v) is 17.0. The van der Waals surface area contributed by atoms with Gasteiger partial charge in [0.1, 0.15) is 0 Å². The first-order valence-electron chi connectivity index (χ1n) is 11.0. The van der Waals surface area contributed by atoms with Crippen LogP contribution < -0.4 is 0 Å². The molecule has 0 spiro atoms. The smallest absolute Gasteiger partial charge is 0.151 e. The SMILES string of the molecule is CCCCC(CCCC)(CCCC)CCCCCCCCC(O)O. The molecule has 0 atom stereocenters. The highest BCUT2D eigenvalue weighted by atomic mass is 16.5. The Morgan fingerprint density at radius 1 is 0.542 bits per heavy atom. The lowest BCUT2D eigenvalue weighted by molar-refractivity contribution is -0.0466. The maximum atomic E-state index is 8.85. The predicted octanol–water partition coefficient (Wildman–Crippen LogP) is 6.97. The lowest BCUT2D eigenvalue weighted by Gasteiger charge is -2.35. The third kappa shape index (κ3) is 13.2. The minimum absolute atomic E-state index is 0.536. The topological polar surface area (TPSA) is 40.5 Å². The maximum absolute atomic E-state index is 8.85. The molecule has 0 aromatic rings. The van der Waals surface area contributed by atoms with Crippen LogP contribution in [0.25, 0.3) is 0 Å². The lowest BCUT2D eigenvalue weighted by Crippen LogP contribution is -2.21. The highest BCUT2D eigenvalue weighted by molar-refractivity contribution is 4.79. The summed E-state index contributed by atoms with van der Waals surface area (Å²) in [6, 6.07) is 0. The van der Waals surface area contributed by atoms with Crippen molar-refractivity contribution in [3.63, 3.8) is 0 Å². The van der Waals surface area contributed by atoms with Crippen molar-refractivity contribution in [3.05, 3.63) is 0 Å². The standard InChI is InChI=1S/C22H46O2/c1-4-7-17-22(18-8-5-2,19-9-6-3)20-15-13-11-10-12-14-16-21(23)24/h21,23-24H,4-20H2,1-3H3. The van der Waals surface area contributed by atoms with Crippen molar-refractivity contribution in [1.82, 2.24) is 0 Å². The summed E-state index contributed by atoms with van der Waals surface area (Å²) in [7, 11) is 0. The van der Waals surface area contributed by atoms with Crippen molar-refractivity contribution in [2.45, 2.75) is 136 Å². The molecule has 24 heavy (non-hydrogen) atoms. The van der Waals surface area contributed by atoms with Crippen LogP contribution in [0.2, 0.25) is 0 Å². The molecule has 0 unspecified atom stereocenters. The Labute approximate surface area is 152 Å². The lowest BCUT2D eigenvalue weighted by atomic mass is 9.71. The second-order valence-electron chi connectivity index (χ2n) is 7.95. The van der Waals surface area contributed by atoms with Gasteiger partial charge in [0.15, 0.2) is 6.29 Å². The molecule has 0 rings (SSSR count). The second kappa shape index (κ2) is 16.4. The zero-order valence-electron chi connectivity index (χ0n) is 17.0. The summed E-state index contributed by atoms with van der Waals surface area (Å²) in [6.45, 7) is 6.98. The molecule has 0 saturated heterocycles. The van der Waals surface area contributed by atoms with Gasteiger partial charge in [-0.05, 0) is 43.9 Å². The van der Waals surface area contributed by atoms with Gasteiger partial charge in [0.25, 0.3) is 0 Å². The van der Waals surface area contributed by atoms with Crippen LogP contribution in [0.3, 0.4) is 0 Å². The number of aliphatic hydroxyl groups excluding tert-OH is 1. The normalized spacial score (nSPS) is 12.2. The van der Waals surface area contributed by atoms with E-state index in [0.29, 0.717) is 11.8 Å². The number of unbranched alkanes of at least 4 members (excludes halogenated alkanes) is 8.